The molecule has 1 amide bonds. The number of aromatic nitrogens is 1. The van der Waals surface area contributed by atoms with Crippen LogP contribution in [-0.4, -0.2) is 29.4 Å². The standard InChI is InChI=1S/C17H20N4O/c1-21-11-3-5-15(21)14-4-2-6-16(20-14)19-13-9-7-12(8-10-13)17(18)22/h2,4,6-10,15H,3,5,11H2,1H3,(H2,18,22)(H,19,20). The number of primary amides is 1. The highest BCUT2D eigenvalue weighted by Crippen LogP contribution is 2.29. The first-order valence-electron chi connectivity index (χ1n) is 7.47. The molecule has 1 aromatic carbocycles. The fourth-order valence-electron chi connectivity index (χ4n) is 2.86. The Morgan fingerprint density at radius 2 is 2.05 bits per heavy atom. The largest absolute Gasteiger partial charge is 0.366 e. The lowest BCUT2D eigenvalue weighted by Crippen LogP contribution is -2.18. The Labute approximate surface area is 130 Å². The molecule has 114 valence electrons. The molecule has 2 aromatic rings. The van der Waals surface area contributed by atoms with E-state index in [4.69, 9.17) is 10.7 Å². The summed E-state index contributed by atoms with van der Waals surface area (Å²) in [7, 11) is 2.14. The highest BCUT2D eigenvalue weighted by atomic mass is 16.1. The molecule has 1 saturated heterocycles. The predicted molar refractivity (Wildman–Crippen MR) is 87.1 cm³/mol. The van der Waals surface area contributed by atoms with Crippen molar-refractivity contribution in [2.45, 2.75) is 18.9 Å². The van der Waals surface area contributed by atoms with E-state index in [1.54, 1.807) is 12.1 Å². The van der Waals surface area contributed by atoms with Gasteiger partial charge in [0.2, 0.25) is 5.91 Å². The molecule has 3 N–H and O–H groups in total. The maximum Gasteiger partial charge on any atom is 0.248 e. The van der Waals surface area contributed by atoms with E-state index in [-0.39, 0.29) is 0 Å². The minimum absolute atomic E-state index is 0.402. The van der Waals surface area contributed by atoms with Gasteiger partial charge < -0.3 is 11.1 Å². The molecular formula is C17H20N4O. The van der Waals surface area contributed by atoms with Gasteiger partial charge in [-0.3, -0.25) is 9.69 Å². The van der Waals surface area contributed by atoms with Crippen molar-refractivity contribution in [1.29, 1.82) is 0 Å². The number of carbonyl (C=O) groups excluding carboxylic acids is 1. The van der Waals surface area contributed by atoms with Crippen molar-refractivity contribution in [3.05, 3.63) is 53.7 Å². The Hall–Kier alpha value is -2.40. The second kappa shape index (κ2) is 6.15. The Morgan fingerprint density at radius 3 is 2.68 bits per heavy atom. The number of nitrogens with one attached hydrogen (secondary N) is 1. The number of nitrogens with two attached hydrogens (primary N) is 1. The average Bonchev–Trinajstić information content (AvgIpc) is 2.94. The summed E-state index contributed by atoms with van der Waals surface area (Å²) in [5.74, 6) is 0.389. The third-order valence-corrected chi connectivity index (χ3v) is 4.07. The van der Waals surface area contributed by atoms with Gasteiger partial charge in [-0.05, 0) is 62.8 Å². The summed E-state index contributed by atoms with van der Waals surface area (Å²) in [5.41, 5.74) is 7.72. The zero-order chi connectivity index (χ0) is 15.5. The van der Waals surface area contributed by atoms with Gasteiger partial charge in [0.25, 0.3) is 0 Å². The zero-order valence-corrected chi connectivity index (χ0v) is 12.6. The van der Waals surface area contributed by atoms with Crippen LogP contribution in [0.15, 0.2) is 42.5 Å². The minimum Gasteiger partial charge on any atom is -0.366 e. The van der Waals surface area contributed by atoms with Crippen molar-refractivity contribution < 1.29 is 4.79 Å². The Bertz CT molecular complexity index is 669. The summed E-state index contributed by atoms with van der Waals surface area (Å²) < 4.78 is 0. The second-order valence-electron chi connectivity index (χ2n) is 5.65. The molecule has 1 unspecified atom stereocenters. The topological polar surface area (TPSA) is 71.2 Å². The van der Waals surface area contributed by atoms with Gasteiger partial charge in [0.15, 0.2) is 0 Å². The normalized spacial score (nSPS) is 18.3. The third kappa shape index (κ3) is 3.09. The lowest BCUT2D eigenvalue weighted by Gasteiger charge is -2.19. The van der Waals surface area contributed by atoms with Crippen molar-refractivity contribution in [2.24, 2.45) is 5.73 Å². The fourth-order valence-corrected chi connectivity index (χ4v) is 2.86. The average molecular weight is 296 g/mol. The molecule has 1 aromatic heterocycles. The zero-order valence-electron chi connectivity index (χ0n) is 12.6. The van der Waals surface area contributed by atoms with Gasteiger partial charge in [-0.25, -0.2) is 4.98 Å². The SMILES string of the molecule is CN1CCCC1c1cccc(Nc2ccc(C(N)=O)cc2)n1. The van der Waals surface area contributed by atoms with Crippen molar-refractivity contribution in [3.63, 3.8) is 0 Å². The van der Waals surface area contributed by atoms with Gasteiger partial charge in [-0.15, -0.1) is 0 Å². The number of likely N-dealkylation sites (tertiary alicyclic amines) is 1. The Kier molecular flexibility index (Phi) is 4.06. The number of benzene rings is 1. The van der Waals surface area contributed by atoms with Crippen LogP contribution in [0, 0.1) is 0 Å². The van der Waals surface area contributed by atoms with Crippen LogP contribution >= 0.6 is 0 Å². The van der Waals surface area contributed by atoms with Gasteiger partial charge in [0.1, 0.15) is 5.82 Å². The molecule has 0 radical (unpaired) electrons. The van der Waals surface area contributed by atoms with Gasteiger partial charge in [0.05, 0.1) is 11.7 Å². The van der Waals surface area contributed by atoms with Gasteiger partial charge in [-0.2, -0.15) is 0 Å². The van der Waals surface area contributed by atoms with Crippen LogP contribution in [0.3, 0.4) is 0 Å². The van der Waals surface area contributed by atoms with Gasteiger partial charge in [0, 0.05) is 11.3 Å². The van der Waals surface area contributed by atoms with Crippen LogP contribution in [0.4, 0.5) is 11.5 Å². The second-order valence-corrected chi connectivity index (χ2v) is 5.65. The molecule has 2 heterocycles. The number of pyridine rings is 1. The monoisotopic (exact) mass is 296 g/mol. The van der Waals surface area contributed by atoms with Crippen LogP contribution < -0.4 is 11.1 Å². The summed E-state index contributed by atoms with van der Waals surface area (Å²) in [6.45, 7) is 1.12. The lowest BCUT2D eigenvalue weighted by atomic mass is 10.1. The van der Waals surface area contributed by atoms with Crippen LogP contribution in [0.5, 0.6) is 0 Å². The number of carbonyl (C=O) groups is 1. The van der Waals surface area contributed by atoms with E-state index in [9.17, 15) is 4.79 Å². The molecule has 3 rings (SSSR count). The van der Waals surface area contributed by atoms with Crippen molar-refractivity contribution in [2.75, 3.05) is 18.9 Å². The van der Waals surface area contributed by atoms with Crippen LogP contribution in [0.2, 0.25) is 0 Å². The Balaban J connectivity index is 1.76. The first kappa shape index (κ1) is 14.5. The number of rotatable bonds is 4. The number of hydrogen-bond donors (Lipinski definition) is 2. The summed E-state index contributed by atoms with van der Waals surface area (Å²) in [6.07, 6.45) is 2.37. The highest BCUT2D eigenvalue weighted by molar-refractivity contribution is 5.93. The van der Waals surface area contributed by atoms with Crippen LogP contribution in [0.1, 0.15) is 34.9 Å². The van der Waals surface area contributed by atoms with E-state index in [1.807, 2.05) is 24.3 Å². The molecule has 1 atom stereocenters. The maximum atomic E-state index is 11.1. The first-order chi connectivity index (χ1) is 10.6. The summed E-state index contributed by atoms with van der Waals surface area (Å²) in [4.78, 5) is 18.1. The molecular weight excluding hydrogens is 276 g/mol. The van der Waals surface area contributed by atoms with Crippen molar-refractivity contribution in [3.8, 4) is 0 Å². The minimum atomic E-state index is -0.420. The van der Waals surface area contributed by atoms with Crippen molar-refractivity contribution >= 4 is 17.4 Å². The molecule has 1 aliphatic rings. The quantitative estimate of drug-likeness (QED) is 0.910. The first-order valence-corrected chi connectivity index (χ1v) is 7.47. The molecule has 1 fully saturated rings. The molecule has 0 aliphatic carbocycles. The molecule has 5 heteroatoms. The fraction of sp³-hybridized carbons (Fsp3) is 0.294. The van der Waals surface area contributed by atoms with Crippen molar-refractivity contribution in [1.82, 2.24) is 9.88 Å². The molecule has 0 saturated carbocycles. The van der Waals surface area contributed by atoms with Gasteiger partial charge >= 0.3 is 0 Å². The van der Waals surface area contributed by atoms with Gasteiger partial charge in [-0.1, -0.05) is 6.07 Å². The summed E-state index contributed by atoms with van der Waals surface area (Å²) >= 11 is 0. The Morgan fingerprint density at radius 1 is 1.27 bits per heavy atom. The molecule has 0 bridgehead atoms. The van der Waals surface area contributed by atoms with E-state index < -0.39 is 5.91 Å². The predicted octanol–water partition coefficient (Wildman–Crippen LogP) is 2.69. The van der Waals surface area contributed by atoms with Crippen LogP contribution in [-0.2, 0) is 0 Å². The number of amides is 1. The highest BCUT2D eigenvalue weighted by Gasteiger charge is 2.23. The number of anilines is 2. The third-order valence-electron chi connectivity index (χ3n) is 4.07. The smallest absolute Gasteiger partial charge is 0.248 e. The van der Waals surface area contributed by atoms with E-state index in [0.29, 0.717) is 11.6 Å². The molecule has 5 nitrogen and oxygen atoms in total. The van der Waals surface area contributed by atoms with E-state index in [1.165, 1.54) is 6.42 Å². The number of nitrogens with zero attached hydrogens (tertiary/aromatic N) is 2. The molecule has 22 heavy (non-hydrogen) atoms. The van der Waals surface area contributed by atoms with Crippen LogP contribution in [0.25, 0.3) is 0 Å². The van der Waals surface area contributed by atoms with E-state index >= 15 is 0 Å². The lowest BCUT2D eigenvalue weighted by molar-refractivity contribution is 0.100. The molecule has 1 aliphatic heterocycles. The van der Waals surface area contributed by atoms with E-state index in [2.05, 4.69) is 23.3 Å². The number of hydrogen-bond acceptors (Lipinski definition) is 4. The molecule has 0 spiro atoms. The summed E-state index contributed by atoms with van der Waals surface area (Å²) in [6, 6.07) is 13.5. The van der Waals surface area contributed by atoms with E-state index in [0.717, 1.165) is 30.2 Å². The summed E-state index contributed by atoms with van der Waals surface area (Å²) in [5, 5.41) is 3.27. The maximum absolute atomic E-state index is 11.1.